The molecular formula is C53H72O7. The average molecular weight is 821 g/mol. The minimum absolute atomic E-state index is 0.00134. The SMILES string of the molecule is CCC1CC1(CC(=O)C1CC(Oc2cc(C3=CCC(CC(C)C)=C3)cc3c(C)c(OCCC(C)C)ccc23)CC1C(=O)C(CC(=O)OC1CC2CC2C1)C(C)(C)C)C(C)=O. The van der Waals surface area contributed by atoms with E-state index in [0.29, 0.717) is 43.1 Å². The number of allylic oxidation sites excluding steroid dienone is 4. The molecule has 5 aliphatic rings. The van der Waals surface area contributed by atoms with Gasteiger partial charge in [0, 0.05) is 35.0 Å². The predicted molar refractivity (Wildman–Crippen MR) is 239 cm³/mol. The minimum Gasteiger partial charge on any atom is -0.493 e. The van der Waals surface area contributed by atoms with Gasteiger partial charge in [0.15, 0.2) is 0 Å². The minimum atomic E-state index is -0.637. The van der Waals surface area contributed by atoms with Gasteiger partial charge in [-0.1, -0.05) is 79.5 Å². The number of hydrogen-bond acceptors (Lipinski definition) is 7. The van der Waals surface area contributed by atoms with E-state index in [1.54, 1.807) is 6.92 Å². The van der Waals surface area contributed by atoms with Crippen molar-refractivity contribution < 1.29 is 33.4 Å². The Hall–Kier alpha value is -3.74. The third kappa shape index (κ3) is 9.65. The quantitative estimate of drug-likeness (QED) is 0.130. The maximum Gasteiger partial charge on any atom is 0.306 e. The van der Waals surface area contributed by atoms with Crippen LogP contribution < -0.4 is 9.47 Å². The Morgan fingerprint density at radius 2 is 1.58 bits per heavy atom. The lowest BCUT2D eigenvalue weighted by Gasteiger charge is -2.32. The molecule has 0 heterocycles. The van der Waals surface area contributed by atoms with E-state index in [9.17, 15) is 14.4 Å². The van der Waals surface area contributed by atoms with E-state index in [0.717, 1.165) is 78.3 Å². The molecule has 5 aliphatic carbocycles. The Balaban J connectivity index is 1.20. The summed E-state index contributed by atoms with van der Waals surface area (Å²) in [7, 11) is 0. The summed E-state index contributed by atoms with van der Waals surface area (Å²) in [5, 5.41) is 2.03. The van der Waals surface area contributed by atoms with Crippen molar-refractivity contribution in [1.82, 2.24) is 0 Å². The first kappa shape index (κ1) is 44.3. The average Bonchev–Trinajstić information content (AvgIpc) is 3.84. The molecule has 326 valence electrons. The number of Topliss-reactive ketones (excluding diaryl/α,β-unsaturated/α-hetero) is 3. The summed E-state index contributed by atoms with van der Waals surface area (Å²) in [6, 6.07) is 8.51. The summed E-state index contributed by atoms with van der Waals surface area (Å²) >= 11 is 0. The molecule has 4 saturated carbocycles. The van der Waals surface area contributed by atoms with Crippen molar-refractivity contribution in [3.05, 3.63) is 53.1 Å². The summed E-state index contributed by atoms with van der Waals surface area (Å²) in [6.07, 6.45) is 12.7. The van der Waals surface area contributed by atoms with Gasteiger partial charge < -0.3 is 14.2 Å². The zero-order valence-corrected chi connectivity index (χ0v) is 38.3. The lowest BCUT2D eigenvalue weighted by Crippen LogP contribution is -2.39. The molecule has 60 heavy (non-hydrogen) atoms. The van der Waals surface area contributed by atoms with Gasteiger partial charge in [0.05, 0.1) is 13.0 Å². The summed E-state index contributed by atoms with van der Waals surface area (Å²) in [5.41, 5.74) is 3.56. The molecule has 2 aromatic rings. The maximum absolute atomic E-state index is 15.0. The van der Waals surface area contributed by atoms with Gasteiger partial charge in [-0.2, -0.15) is 0 Å². The molecule has 8 atom stereocenters. The zero-order valence-electron chi connectivity index (χ0n) is 38.3. The Morgan fingerprint density at radius 3 is 2.22 bits per heavy atom. The first-order chi connectivity index (χ1) is 28.4. The predicted octanol–water partition coefficient (Wildman–Crippen LogP) is 12.0. The second-order valence-electron chi connectivity index (χ2n) is 21.5. The third-order valence-electron chi connectivity index (χ3n) is 15.0. The molecule has 0 amide bonds. The molecule has 8 unspecified atom stereocenters. The summed E-state index contributed by atoms with van der Waals surface area (Å²) in [6.45, 7) is 21.4. The number of ether oxygens (including phenoxy) is 3. The van der Waals surface area contributed by atoms with Crippen LogP contribution in [0.3, 0.4) is 0 Å². The number of benzene rings is 2. The van der Waals surface area contributed by atoms with E-state index in [1.165, 1.54) is 17.6 Å². The van der Waals surface area contributed by atoms with E-state index in [4.69, 9.17) is 14.2 Å². The van der Waals surface area contributed by atoms with Gasteiger partial charge in [0.1, 0.15) is 41.1 Å². The van der Waals surface area contributed by atoms with Crippen molar-refractivity contribution in [1.29, 1.82) is 0 Å². The highest BCUT2D eigenvalue weighted by molar-refractivity contribution is 5.98. The van der Waals surface area contributed by atoms with Crippen molar-refractivity contribution >= 4 is 39.7 Å². The third-order valence-corrected chi connectivity index (χ3v) is 15.0. The van der Waals surface area contributed by atoms with E-state index in [-0.39, 0.29) is 48.2 Å². The maximum atomic E-state index is 15.0. The van der Waals surface area contributed by atoms with Crippen molar-refractivity contribution in [2.24, 2.45) is 58.2 Å². The van der Waals surface area contributed by atoms with Gasteiger partial charge in [-0.3, -0.25) is 19.2 Å². The standard InChI is InChI=1S/C53H72O7/c1-11-39-28-53(39,33(7)54)29-47(55)44-25-41(26-45(44)51(57)46(52(8,9)10)27-50(56)60-40-21-36-20-37(36)22-40)59-49-24-38(35-13-12-34(19-35)18-31(4)5)23-43-32(6)48(15-14-42(43)49)58-17-16-30(2)3/h13-15,19,23-24,30-31,36-37,39-41,44-46H,11-12,16-18,20-22,25-29H2,1-10H3. The number of hydrogen-bond donors (Lipinski definition) is 0. The summed E-state index contributed by atoms with van der Waals surface area (Å²) in [4.78, 5) is 56.2. The first-order valence-electron chi connectivity index (χ1n) is 23.4. The number of ketones is 3. The number of fused-ring (bicyclic) bond motifs is 2. The van der Waals surface area contributed by atoms with Gasteiger partial charge in [-0.25, -0.2) is 0 Å². The van der Waals surface area contributed by atoms with E-state index < -0.39 is 34.7 Å². The first-order valence-corrected chi connectivity index (χ1v) is 23.4. The van der Waals surface area contributed by atoms with Crippen LogP contribution in [0.2, 0.25) is 0 Å². The number of carbonyl (C=O) groups is 4. The molecule has 7 rings (SSSR count). The molecule has 0 spiro atoms. The fraction of sp³-hybridized carbons (Fsp3) is 0.660. The van der Waals surface area contributed by atoms with E-state index in [1.807, 2.05) is 26.8 Å². The number of esters is 1. The Labute approximate surface area is 359 Å². The normalized spacial score (nSPS) is 28.7. The molecule has 0 N–H and O–H groups in total. The van der Waals surface area contributed by atoms with Crippen LogP contribution in [-0.2, 0) is 23.9 Å². The molecule has 2 aromatic carbocycles. The van der Waals surface area contributed by atoms with Crippen LogP contribution in [0.1, 0.15) is 150 Å². The Morgan fingerprint density at radius 1 is 0.867 bits per heavy atom. The van der Waals surface area contributed by atoms with E-state index in [2.05, 4.69) is 71.9 Å². The van der Waals surface area contributed by atoms with Gasteiger partial charge in [-0.05, 0) is 153 Å². The summed E-state index contributed by atoms with van der Waals surface area (Å²) in [5.74, 6) is 2.07. The van der Waals surface area contributed by atoms with Crippen LogP contribution >= 0.6 is 0 Å². The molecule has 7 nitrogen and oxygen atoms in total. The molecule has 7 heteroatoms. The highest BCUT2D eigenvalue weighted by Gasteiger charge is 2.59. The Bertz CT molecular complexity index is 2030. The van der Waals surface area contributed by atoms with Crippen molar-refractivity contribution in [2.75, 3.05) is 6.61 Å². The smallest absolute Gasteiger partial charge is 0.306 e. The van der Waals surface area contributed by atoms with Crippen molar-refractivity contribution in [3.8, 4) is 11.5 Å². The summed E-state index contributed by atoms with van der Waals surface area (Å²) < 4.78 is 19.4. The highest BCUT2D eigenvalue weighted by atomic mass is 16.5. The van der Waals surface area contributed by atoms with Gasteiger partial charge >= 0.3 is 5.97 Å². The lowest BCUT2D eigenvalue weighted by atomic mass is 9.70. The lowest BCUT2D eigenvalue weighted by molar-refractivity contribution is -0.154. The van der Waals surface area contributed by atoms with Gasteiger partial charge in [0.25, 0.3) is 0 Å². The fourth-order valence-electron chi connectivity index (χ4n) is 11.1. The van der Waals surface area contributed by atoms with Gasteiger partial charge in [-0.15, -0.1) is 0 Å². The number of rotatable bonds is 19. The van der Waals surface area contributed by atoms with Crippen molar-refractivity contribution in [3.63, 3.8) is 0 Å². The van der Waals surface area contributed by atoms with Crippen LogP contribution in [0.25, 0.3) is 16.3 Å². The molecule has 0 radical (unpaired) electrons. The molecule has 4 fully saturated rings. The van der Waals surface area contributed by atoms with Crippen LogP contribution in [0.4, 0.5) is 0 Å². The zero-order chi connectivity index (χ0) is 43.3. The van der Waals surface area contributed by atoms with Crippen LogP contribution in [-0.4, -0.2) is 42.1 Å². The molecule has 0 aromatic heterocycles. The van der Waals surface area contributed by atoms with Crippen LogP contribution in [0.5, 0.6) is 11.5 Å². The molecule has 0 aliphatic heterocycles. The fourth-order valence-corrected chi connectivity index (χ4v) is 11.1. The molecular weight excluding hydrogens is 749 g/mol. The largest absolute Gasteiger partial charge is 0.493 e. The van der Waals surface area contributed by atoms with Crippen LogP contribution in [0, 0.1) is 65.1 Å². The monoisotopic (exact) mass is 821 g/mol. The Kier molecular flexibility index (Phi) is 13.0. The molecule has 0 saturated heterocycles. The second kappa shape index (κ2) is 17.6. The van der Waals surface area contributed by atoms with Crippen LogP contribution in [0.15, 0.2) is 42.0 Å². The topological polar surface area (TPSA) is 96.0 Å². The van der Waals surface area contributed by atoms with Gasteiger partial charge in [0.2, 0.25) is 0 Å². The molecule has 0 bridgehead atoms. The second-order valence-corrected chi connectivity index (χ2v) is 21.5. The van der Waals surface area contributed by atoms with Crippen molar-refractivity contribution in [2.45, 2.75) is 158 Å². The number of aryl methyl sites for hydroxylation is 1. The highest BCUT2D eigenvalue weighted by Crippen LogP contribution is 2.59. The van der Waals surface area contributed by atoms with E-state index >= 15 is 4.79 Å². The number of carbonyl (C=O) groups excluding carboxylic acids is 4.